The van der Waals surface area contributed by atoms with Gasteiger partial charge in [0.2, 0.25) is 23.5 Å². The van der Waals surface area contributed by atoms with Gasteiger partial charge in [-0.25, -0.2) is 0 Å². The molecule has 1 aliphatic carbocycles. The van der Waals surface area contributed by atoms with E-state index < -0.39 is 0 Å². The number of carbonyl (C=O) groups excluding carboxylic acids is 2. The number of rotatable bonds is 7. The fourth-order valence-electron chi connectivity index (χ4n) is 3.93. The Balaban J connectivity index is 1.37. The van der Waals surface area contributed by atoms with Crippen molar-refractivity contribution in [2.24, 2.45) is 11.8 Å². The first-order chi connectivity index (χ1) is 14.1. The molecule has 0 bridgehead atoms. The summed E-state index contributed by atoms with van der Waals surface area (Å²) in [6.45, 7) is 0.374. The Hall–Kier alpha value is -3.16. The molecule has 2 amide bonds. The van der Waals surface area contributed by atoms with Crippen LogP contribution in [0.15, 0.2) is 34.9 Å². The molecule has 0 saturated carbocycles. The quantitative estimate of drug-likeness (QED) is 0.523. The molecule has 152 valence electrons. The van der Waals surface area contributed by atoms with Crippen molar-refractivity contribution in [2.75, 3.05) is 20.8 Å². The van der Waals surface area contributed by atoms with Crippen LogP contribution in [0.25, 0.3) is 11.4 Å². The number of amides is 2. The molecule has 29 heavy (non-hydrogen) atoms. The van der Waals surface area contributed by atoms with E-state index >= 15 is 0 Å². The van der Waals surface area contributed by atoms with Crippen molar-refractivity contribution >= 4 is 11.8 Å². The van der Waals surface area contributed by atoms with Crippen LogP contribution in [0.2, 0.25) is 0 Å². The summed E-state index contributed by atoms with van der Waals surface area (Å²) >= 11 is 0. The smallest absolute Gasteiger partial charge is 0.233 e. The summed E-state index contributed by atoms with van der Waals surface area (Å²) in [5, 5.41) is 4.02. The van der Waals surface area contributed by atoms with E-state index in [-0.39, 0.29) is 23.7 Å². The van der Waals surface area contributed by atoms with Gasteiger partial charge < -0.3 is 14.0 Å². The van der Waals surface area contributed by atoms with E-state index in [1.54, 1.807) is 26.4 Å². The lowest BCUT2D eigenvalue weighted by Gasteiger charge is -2.14. The minimum absolute atomic E-state index is 0.0547. The Labute approximate surface area is 168 Å². The molecule has 0 spiro atoms. The first-order valence-electron chi connectivity index (χ1n) is 9.67. The predicted molar refractivity (Wildman–Crippen MR) is 103 cm³/mol. The Bertz CT molecular complexity index is 926. The highest BCUT2D eigenvalue weighted by atomic mass is 16.5. The van der Waals surface area contributed by atoms with Crippen LogP contribution in [0.1, 0.15) is 25.2 Å². The molecule has 2 aliphatic rings. The lowest BCUT2D eigenvalue weighted by Crippen LogP contribution is -2.32. The maximum absolute atomic E-state index is 12.5. The van der Waals surface area contributed by atoms with Crippen molar-refractivity contribution in [2.45, 2.75) is 25.7 Å². The number of methoxy groups -OCH3 is 2. The Morgan fingerprint density at radius 1 is 1.07 bits per heavy atom. The Morgan fingerprint density at radius 3 is 2.41 bits per heavy atom. The van der Waals surface area contributed by atoms with Gasteiger partial charge in [0.15, 0.2) is 11.5 Å². The van der Waals surface area contributed by atoms with Crippen LogP contribution >= 0.6 is 0 Å². The standard InChI is InChI=1S/C21H23N3O5/c1-27-16-10-9-13(12-17(16)28-2)19-22-18(29-23-19)8-5-11-24-20(25)14-6-3-4-7-15(14)21(24)26/h3-4,9-10,12,14-15H,5-8,11H2,1-2H3/t14-,15+. The molecule has 1 aromatic carbocycles. The number of hydrogen-bond donors (Lipinski definition) is 0. The van der Waals surface area contributed by atoms with Crippen molar-refractivity contribution in [3.05, 3.63) is 36.2 Å². The van der Waals surface area contributed by atoms with E-state index in [9.17, 15) is 9.59 Å². The first-order valence-corrected chi connectivity index (χ1v) is 9.67. The van der Waals surface area contributed by atoms with Crippen molar-refractivity contribution in [3.63, 3.8) is 0 Å². The number of imide groups is 1. The summed E-state index contributed by atoms with van der Waals surface area (Å²) in [6.07, 6.45) is 6.37. The summed E-state index contributed by atoms with van der Waals surface area (Å²) in [7, 11) is 3.14. The van der Waals surface area contributed by atoms with Crippen LogP contribution in [0.4, 0.5) is 0 Å². The normalized spacial score (nSPS) is 20.8. The van der Waals surface area contributed by atoms with Gasteiger partial charge in [-0.05, 0) is 37.5 Å². The highest BCUT2D eigenvalue weighted by molar-refractivity contribution is 6.05. The summed E-state index contributed by atoms with van der Waals surface area (Å²) in [5.74, 6) is 1.63. The van der Waals surface area contributed by atoms with E-state index in [2.05, 4.69) is 10.1 Å². The zero-order valence-corrected chi connectivity index (χ0v) is 16.5. The number of ether oxygens (including phenoxy) is 2. The van der Waals surface area contributed by atoms with Crippen LogP contribution in [-0.4, -0.2) is 47.6 Å². The summed E-state index contributed by atoms with van der Waals surface area (Å²) in [4.78, 5) is 30.8. The summed E-state index contributed by atoms with van der Waals surface area (Å²) in [6, 6.07) is 5.39. The van der Waals surface area contributed by atoms with Gasteiger partial charge in [-0.3, -0.25) is 14.5 Å². The number of nitrogens with zero attached hydrogens (tertiary/aromatic N) is 3. The van der Waals surface area contributed by atoms with Gasteiger partial charge in [-0.1, -0.05) is 17.3 Å². The second-order valence-electron chi connectivity index (χ2n) is 7.17. The molecule has 2 atom stereocenters. The van der Waals surface area contributed by atoms with Crippen molar-refractivity contribution in [1.29, 1.82) is 0 Å². The van der Waals surface area contributed by atoms with Crippen LogP contribution in [0, 0.1) is 11.8 Å². The molecule has 1 saturated heterocycles. The molecule has 8 heteroatoms. The zero-order valence-electron chi connectivity index (χ0n) is 16.5. The Kier molecular flexibility index (Phi) is 5.33. The fourth-order valence-corrected chi connectivity index (χ4v) is 3.93. The average molecular weight is 397 g/mol. The Morgan fingerprint density at radius 2 is 1.76 bits per heavy atom. The molecule has 0 radical (unpaired) electrons. The molecule has 0 N–H and O–H groups in total. The van der Waals surface area contributed by atoms with Gasteiger partial charge in [0.05, 0.1) is 26.1 Å². The lowest BCUT2D eigenvalue weighted by atomic mass is 9.85. The second kappa shape index (κ2) is 8.06. The monoisotopic (exact) mass is 397 g/mol. The number of aromatic nitrogens is 2. The van der Waals surface area contributed by atoms with Gasteiger partial charge in [0, 0.05) is 18.5 Å². The third-order valence-corrected chi connectivity index (χ3v) is 5.48. The maximum atomic E-state index is 12.5. The summed E-state index contributed by atoms with van der Waals surface area (Å²) < 4.78 is 15.9. The number of benzene rings is 1. The number of aryl methyl sites for hydroxylation is 1. The van der Waals surface area contributed by atoms with E-state index in [0.29, 0.717) is 55.4 Å². The number of allylic oxidation sites excluding steroid dienone is 2. The summed E-state index contributed by atoms with van der Waals surface area (Å²) in [5.41, 5.74) is 0.749. The van der Waals surface area contributed by atoms with Crippen molar-refractivity contribution < 1.29 is 23.6 Å². The van der Waals surface area contributed by atoms with Gasteiger partial charge in [0.25, 0.3) is 0 Å². The average Bonchev–Trinajstić information content (AvgIpc) is 3.32. The minimum Gasteiger partial charge on any atom is -0.493 e. The predicted octanol–water partition coefficient (Wildman–Crippen LogP) is 2.64. The number of hydrogen-bond acceptors (Lipinski definition) is 7. The maximum Gasteiger partial charge on any atom is 0.233 e. The van der Waals surface area contributed by atoms with Gasteiger partial charge in [-0.2, -0.15) is 4.98 Å². The molecular formula is C21H23N3O5. The zero-order chi connectivity index (χ0) is 20.4. The molecule has 0 unspecified atom stereocenters. The highest BCUT2D eigenvalue weighted by Gasteiger charge is 2.46. The van der Waals surface area contributed by atoms with Gasteiger partial charge >= 0.3 is 0 Å². The molecule has 1 aliphatic heterocycles. The topological polar surface area (TPSA) is 94.8 Å². The van der Waals surface area contributed by atoms with E-state index in [1.165, 1.54) is 4.90 Å². The third kappa shape index (κ3) is 3.62. The molecule has 8 nitrogen and oxygen atoms in total. The molecule has 4 rings (SSSR count). The fraction of sp³-hybridized carbons (Fsp3) is 0.429. The third-order valence-electron chi connectivity index (χ3n) is 5.48. The molecule has 2 heterocycles. The molecule has 2 aromatic rings. The van der Waals surface area contributed by atoms with Crippen LogP contribution < -0.4 is 9.47 Å². The second-order valence-corrected chi connectivity index (χ2v) is 7.17. The van der Waals surface area contributed by atoms with Crippen LogP contribution in [0.3, 0.4) is 0 Å². The van der Waals surface area contributed by atoms with E-state index in [0.717, 1.165) is 5.56 Å². The van der Waals surface area contributed by atoms with Crippen molar-refractivity contribution in [3.8, 4) is 22.9 Å². The van der Waals surface area contributed by atoms with Crippen LogP contribution in [-0.2, 0) is 16.0 Å². The van der Waals surface area contributed by atoms with Gasteiger partial charge in [-0.15, -0.1) is 0 Å². The molecule has 1 aromatic heterocycles. The first kappa shape index (κ1) is 19.2. The van der Waals surface area contributed by atoms with E-state index in [1.807, 2.05) is 18.2 Å². The molecular weight excluding hydrogens is 374 g/mol. The number of fused-ring (bicyclic) bond motifs is 1. The largest absolute Gasteiger partial charge is 0.493 e. The number of carbonyl (C=O) groups is 2. The lowest BCUT2D eigenvalue weighted by molar-refractivity contribution is -0.139. The van der Waals surface area contributed by atoms with Crippen LogP contribution in [0.5, 0.6) is 11.5 Å². The molecule has 1 fully saturated rings. The highest BCUT2D eigenvalue weighted by Crippen LogP contribution is 2.35. The minimum atomic E-state index is -0.187. The van der Waals surface area contributed by atoms with Gasteiger partial charge in [0.1, 0.15) is 0 Å². The number of likely N-dealkylation sites (tertiary alicyclic amines) is 1. The van der Waals surface area contributed by atoms with Crippen molar-refractivity contribution in [1.82, 2.24) is 15.0 Å². The SMILES string of the molecule is COc1ccc(-c2noc(CCCN3C(=O)[C@H]4CC=CC[C@H]4C3=O)n2)cc1OC. The van der Waals surface area contributed by atoms with E-state index in [4.69, 9.17) is 14.0 Å².